The normalized spacial score (nSPS) is 14.6. The Morgan fingerprint density at radius 1 is 1.67 bits per heavy atom. The van der Waals surface area contributed by atoms with Crippen LogP contribution in [-0.4, -0.2) is 27.2 Å². The summed E-state index contributed by atoms with van der Waals surface area (Å²) in [6, 6.07) is 0.108. The minimum Gasteiger partial charge on any atom is -0.396 e. The molecular formula is C9H14BrN3OS. The number of pyridine rings is 1. The molecule has 84 valence electrons. The van der Waals surface area contributed by atoms with Gasteiger partial charge in [-0.3, -0.25) is 9.19 Å². The van der Waals surface area contributed by atoms with Crippen molar-refractivity contribution in [3.05, 3.63) is 16.9 Å². The van der Waals surface area contributed by atoms with Crippen LogP contribution in [0.4, 0.5) is 11.4 Å². The van der Waals surface area contributed by atoms with Crippen LogP contribution in [0.15, 0.2) is 16.9 Å². The fourth-order valence-electron chi connectivity index (χ4n) is 1.24. The van der Waals surface area contributed by atoms with Crippen LogP contribution < -0.4 is 11.1 Å². The van der Waals surface area contributed by atoms with Crippen LogP contribution in [0.25, 0.3) is 0 Å². The Balaban J connectivity index is 2.76. The molecule has 0 aliphatic carbocycles. The van der Waals surface area contributed by atoms with E-state index in [0.29, 0.717) is 11.4 Å². The quantitative estimate of drug-likeness (QED) is 0.884. The Labute approximate surface area is 100 Å². The fourth-order valence-corrected chi connectivity index (χ4v) is 2.49. The molecule has 0 aliphatic rings. The van der Waals surface area contributed by atoms with Gasteiger partial charge in [0.15, 0.2) is 0 Å². The molecule has 0 amide bonds. The Morgan fingerprint density at radius 3 is 2.87 bits per heavy atom. The summed E-state index contributed by atoms with van der Waals surface area (Å²) < 4.78 is 11.8. The first-order valence-electron chi connectivity index (χ1n) is 4.46. The Bertz CT molecular complexity index is 352. The number of rotatable bonds is 4. The van der Waals surface area contributed by atoms with Gasteiger partial charge in [-0.25, -0.2) is 0 Å². The summed E-state index contributed by atoms with van der Waals surface area (Å²) in [5, 5.41) is 3.20. The lowest BCUT2D eigenvalue weighted by molar-refractivity contribution is 0.683. The lowest BCUT2D eigenvalue weighted by Crippen LogP contribution is -2.23. The van der Waals surface area contributed by atoms with Gasteiger partial charge in [-0.1, -0.05) is 0 Å². The number of halogens is 1. The van der Waals surface area contributed by atoms with Crippen molar-refractivity contribution in [2.45, 2.75) is 13.0 Å². The maximum absolute atomic E-state index is 11.0. The molecule has 0 aliphatic heterocycles. The average molecular weight is 292 g/mol. The second-order valence-corrected chi connectivity index (χ2v) is 5.70. The van der Waals surface area contributed by atoms with E-state index in [1.807, 2.05) is 6.92 Å². The summed E-state index contributed by atoms with van der Waals surface area (Å²) in [6.45, 7) is 1.97. The molecule has 0 fully saturated rings. The second-order valence-electron chi connectivity index (χ2n) is 3.37. The number of anilines is 2. The van der Waals surface area contributed by atoms with Gasteiger partial charge in [-0.05, 0) is 22.9 Å². The molecule has 6 heteroatoms. The molecular weight excluding hydrogens is 278 g/mol. The Kier molecular flexibility index (Phi) is 4.53. The zero-order valence-electron chi connectivity index (χ0n) is 8.66. The zero-order valence-corrected chi connectivity index (χ0v) is 11.1. The Morgan fingerprint density at radius 2 is 2.33 bits per heavy atom. The van der Waals surface area contributed by atoms with Crippen LogP contribution in [0.3, 0.4) is 0 Å². The van der Waals surface area contributed by atoms with Gasteiger partial charge in [0.05, 0.1) is 22.0 Å². The van der Waals surface area contributed by atoms with Crippen molar-refractivity contribution in [2.24, 2.45) is 0 Å². The van der Waals surface area contributed by atoms with Crippen LogP contribution in [0, 0.1) is 0 Å². The van der Waals surface area contributed by atoms with E-state index >= 15 is 0 Å². The van der Waals surface area contributed by atoms with Gasteiger partial charge in [0.25, 0.3) is 0 Å². The lowest BCUT2D eigenvalue weighted by atomic mass is 10.3. The molecule has 0 spiro atoms. The second kappa shape index (κ2) is 5.46. The summed E-state index contributed by atoms with van der Waals surface area (Å²) in [5.74, 6) is 0.591. The highest BCUT2D eigenvalue weighted by Gasteiger charge is 2.09. The highest BCUT2D eigenvalue weighted by Crippen LogP contribution is 2.27. The smallest absolute Gasteiger partial charge is 0.0752 e. The molecule has 0 saturated heterocycles. The molecule has 0 radical (unpaired) electrons. The lowest BCUT2D eigenvalue weighted by Gasteiger charge is -2.16. The number of nitrogen functional groups attached to an aromatic ring is 1. The van der Waals surface area contributed by atoms with Crippen molar-refractivity contribution in [2.75, 3.05) is 23.1 Å². The summed E-state index contributed by atoms with van der Waals surface area (Å²) >= 11 is 3.36. The molecule has 1 aromatic heterocycles. The van der Waals surface area contributed by atoms with E-state index in [-0.39, 0.29) is 6.04 Å². The minimum absolute atomic E-state index is 0.108. The van der Waals surface area contributed by atoms with Gasteiger partial charge in [-0.15, -0.1) is 0 Å². The van der Waals surface area contributed by atoms with Gasteiger partial charge in [0.1, 0.15) is 0 Å². The van der Waals surface area contributed by atoms with Crippen LogP contribution in [0.5, 0.6) is 0 Å². The van der Waals surface area contributed by atoms with Gasteiger partial charge in [0, 0.05) is 35.0 Å². The molecule has 2 unspecified atom stereocenters. The number of nitrogens with one attached hydrogen (secondary N) is 1. The summed E-state index contributed by atoms with van der Waals surface area (Å²) in [6.07, 6.45) is 4.94. The molecule has 1 aromatic rings. The van der Waals surface area contributed by atoms with Crippen molar-refractivity contribution in [3.63, 3.8) is 0 Å². The molecule has 0 bridgehead atoms. The highest BCUT2D eigenvalue weighted by molar-refractivity contribution is 9.10. The third-order valence-electron chi connectivity index (χ3n) is 1.80. The molecule has 15 heavy (non-hydrogen) atoms. The van der Waals surface area contributed by atoms with Crippen molar-refractivity contribution in [1.29, 1.82) is 0 Å². The number of nitrogens with two attached hydrogens (primary N) is 1. The van der Waals surface area contributed by atoms with Crippen molar-refractivity contribution < 1.29 is 4.21 Å². The van der Waals surface area contributed by atoms with Crippen LogP contribution >= 0.6 is 15.9 Å². The van der Waals surface area contributed by atoms with Crippen LogP contribution in [0.1, 0.15) is 6.92 Å². The molecule has 0 saturated carbocycles. The van der Waals surface area contributed by atoms with E-state index < -0.39 is 10.8 Å². The van der Waals surface area contributed by atoms with Crippen molar-refractivity contribution >= 4 is 38.1 Å². The number of aromatic nitrogens is 1. The summed E-state index contributed by atoms with van der Waals surface area (Å²) in [7, 11) is -0.817. The summed E-state index contributed by atoms with van der Waals surface area (Å²) in [4.78, 5) is 3.94. The number of hydrogen-bond donors (Lipinski definition) is 2. The maximum Gasteiger partial charge on any atom is 0.0752 e. The maximum atomic E-state index is 11.0. The molecule has 3 N–H and O–H groups in total. The standard InChI is InChI=1S/C9H14BrN3OS/c1-6(5-15(2)14)13-9-7(10)3-12-4-8(9)11/h3-4,6H,5,11H2,1-2H3,(H,12,13). The Hall–Kier alpha value is -0.620. The van der Waals surface area contributed by atoms with Gasteiger partial charge in [0.2, 0.25) is 0 Å². The van der Waals surface area contributed by atoms with E-state index in [1.54, 1.807) is 18.6 Å². The average Bonchev–Trinajstić information content (AvgIpc) is 2.10. The molecule has 2 atom stereocenters. The van der Waals surface area contributed by atoms with E-state index in [9.17, 15) is 4.21 Å². The molecule has 0 aromatic carbocycles. The topological polar surface area (TPSA) is 68.0 Å². The largest absolute Gasteiger partial charge is 0.396 e. The van der Waals surface area contributed by atoms with E-state index in [1.165, 1.54) is 0 Å². The molecule has 1 rings (SSSR count). The van der Waals surface area contributed by atoms with Gasteiger partial charge >= 0.3 is 0 Å². The third-order valence-corrected chi connectivity index (χ3v) is 3.38. The fraction of sp³-hybridized carbons (Fsp3) is 0.444. The van der Waals surface area contributed by atoms with Gasteiger partial charge < -0.3 is 11.1 Å². The van der Waals surface area contributed by atoms with Crippen LogP contribution in [-0.2, 0) is 10.8 Å². The monoisotopic (exact) mass is 291 g/mol. The number of nitrogens with zero attached hydrogens (tertiary/aromatic N) is 1. The molecule has 1 heterocycles. The predicted molar refractivity (Wildman–Crippen MR) is 68.4 cm³/mol. The third kappa shape index (κ3) is 3.79. The predicted octanol–water partition coefficient (Wildman–Crippen LogP) is 1.61. The minimum atomic E-state index is -0.817. The van der Waals surface area contributed by atoms with Crippen LogP contribution in [0.2, 0.25) is 0 Å². The first kappa shape index (κ1) is 12.4. The zero-order chi connectivity index (χ0) is 11.4. The van der Waals surface area contributed by atoms with Crippen molar-refractivity contribution in [1.82, 2.24) is 4.98 Å². The van der Waals surface area contributed by atoms with Crippen molar-refractivity contribution in [3.8, 4) is 0 Å². The SMILES string of the molecule is CC(CS(C)=O)Nc1c(N)cncc1Br. The van der Waals surface area contributed by atoms with E-state index in [4.69, 9.17) is 5.73 Å². The number of hydrogen-bond acceptors (Lipinski definition) is 4. The van der Waals surface area contributed by atoms with Gasteiger partial charge in [-0.2, -0.15) is 0 Å². The first-order chi connectivity index (χ1) is 7.00. The molecule has 4 nitrogen and oxygen atoms in total. The van der Waals surface area contributed by atoms with E-state index in [2.05, 4.69) is 26.2 Å². The van der Waals surface area contributed by atoms with E-state index in [0.717, 1.165) is 10.2 Å². The first-order valence-corrected chi connectivity index (χ1v) is 6.98. The summed E-state index contributed by atoms with van der Waals surface area (Å²) in [5.41, 5.74) is 7.16. The highest BCUT2D eigenvalue weighted by atomic mass is 79.9.